The van der Waals surface area contributed by atoms with E-state index in [2.05, 4.69) is 4.74 Å². The Balaban J connectivity index is 3.52. The van der Waals surface area contributed by atoms with Gasteiger partial charge in [-0.15, -0.1) is 0 Å². The van der Waals surface area contributed by atoms with Crippen LogP contribution in [0.2, 0.25) is 0 Å². The molecule has 0 aliphatic heterocycles. The van der Waals surface area contributed by atoms with Gasteiger partial charge in [0, 0.05) is 5.75 Å². The number of esters is 1. The molecule has 0 saturated heterocycles. The van der Waals surface area contributed by atoms with Gasteiger partial charge in [0.05, 0.1) is 13.0 Å². The molecule has 0 aromatic heterocycles. The molecule has 5 heteroatoms. The van der Waals surface area contributed by atoms with Gasteiger partial charge in [-0.2, -0.15) is 8.78 Å². The minimum atomic E-state index is -2.41. The van der Waals surface area contributed by atoms with Crippen molar-refractivity contribution in [3.63, 3.8) is 0 Å². The van der Waals surface area contributed by atoms with Crippen LogP contribution < -0.4 is 0 Å². The van der Waals surface area contributed by atoms with Crippen molar-refractivity contribution in [1.82, 2.24) is 0 Å². The maximum Gasteiger partial charge on any atom is 0.309 e. The summed E-state index contributed by atoms with van der Waals surface area (Å²) in [5, 5.41) is 0. The van der Waals surface area contributed by atoms with Gasteiger partial charge in [-0.25, -0.2) is 0 Å². The molecule has 0 N–H and O–H groups in total. The van der Waals surface area contributed by atoms with Crippen molar-refractivity contribution in [2.75, 3.05) is 12.9 Å². The molecule has 2 nitrogen and oxygen atoms in total. The van der Waals surface area contributed by atoms with Gasteiger partial charge in [0.25, 0.3) is 5.76 Å². The summed E-state index contributed by atoms with van der Waals surface area (Å²) < 4.78 is 27.5. The number of thioether (sulfide) groups is 1. The van der Waals surface area contributed by atoms with Crippen molar-refractivity contribution < 1.29 is 18.3 Å². The van der Waals surface area contributed by atoms with E-state index in [1.807, 2.05) is 0 Å². The fraction of sp³-hybridized carbons (Fsp3) is 0.833. The lowest BCUT2D eigenvalue weighted by atomic mass is 10.2. The molecule has 1 unspecified atom stereocenters. The summed E-state index contributed by atoms with van der Waals surface area (Å²) in [6.07, 6.45) is 0. The normalized spacial score (nSPS) is 13.2. The molecule has 0 spiro atoms. The topological polar surface area (TPSA) is 26.3 Å². The van der Waals surface area contributed by atoms with Crippen molar-refractivity contribution in [2.45, 2.75) is 12.7 Å². The van der Waals surface area contributed by atoms with E-state index in [4.69, 9.17) is 0 Å². The monoisotopic (exact) mass is 184 g/mol. The Labute approximate surface area is 68.3 Å². The predicted octanol–water partition coefficient (Wildman–Crippen LogP) is 1.75. The molecule has 0 fully saturated rings. The van der Waals surface area contributed by atoms with E-state index in [0.29, 0.717) is 11.8 Å². The Morgan fingerprint density at radius 1 is 1.64 bits per heavy atom. The van der Waals surface area contributed by atoms with Crippen molar-refractivity contribution in [2.24, 2.45) is 5.92 Å². The largest absolute Gasteiger partial charge is 0.469 e. The summed E-state index contributed by atoms with van der Waals surface area (Å²) in [4.78, 5) is 10.6. The van der Waals surface area contributed by atoms with Crippen LogP contribution in [-0.2, 0) is 9.53 Å². The molecule has 66 valence electrons. The van der Waals surface area contributed by atoms with Crippen LogP contribution in [0.1, 0.15) is 6.92 Å². The van der Waals surface area contributed by atoms with E-state index in [-0.39, 0.29) is 5.75 Å². The highest BCUT2D eigenvalue weighted by atomic mass is 32.2. The quantitative estimate of drug-likeness (QED) is 0.623. The molecule has 0 saturated carbocycles. The number of rotatable bonds is 4. The molecule has 0 aliphatic carbocycles. The van der Waals surface area contributed by atoms with Crippen LogP contribution in [0, 0.1) is 5.92 Å². The molecular weight excluding hydrogens is 174 g/mol. The van der Waals surface area contributed by atoms with E-state index >= 15 is 0 Å². The number of hydrogen-bond acceptors (Lipinski definition) is 3. The third kappa shape index (κ3) is 5.01. The lowest BCUT2D eigenvalue weighted by Crippen LogP contribution is -2.15. The van der Waals surface area contributed by atoms with Gasteiger partial charge in [0.2, 0.25) is 0 Å². The Hall–Kier alpha value is -0.320. The van der Waals surface area contributed by atoms with E-state index in [1.165, 1.54) is 7.11 Å². The SMILES string of the molecule is COC(=O)C(C)CSC(F)F. The van der Waals surface area contributed by atoms with E-state index in [9.17, 15) is 13.6 Å². The fourth-order valence-electron chi connectivity index (χ4n) is 0.486. The number of halogens is 2. The highest BCUT2D eigenvalue weighted by molar-refractivity contribution is 7.99. The summed E-state index contributed by atoms with van der Waals surface area (Å²) in [5.41, 5.74) is 0. The predicted molar refractivity (Wildman–Crippen MR) is 39.6 cm³/mol. The molecule has 0 aromatic rings. The third-order valence-corrected chi connectivity index (χ3v) is 2.02. The first-order valence-corrected chi connectivity index (χ1v) is 4.10. The van der Waals surface area contributed by atoms with Crippen molar-refractivity contribution in [3.8, 4) is 0 Å². The van der Waals surface area contributed by atoms with Crippen molar-refractivity contribution in [1.29, 1.82) is 0 Å². The Bertz CT molecular complexity index is 130. The second-order valence-electron chi connectivity index (χ2n) is 2.02. The van der Waals surface area contributed by atoms with Crippen LogP contribution in [0.25, 0.3) is 0 Å². The number of carbonyl (C=O) groups is 1. The summed E-state index contributed by atoms with van der Waals surface area (Å²) in [6, 6.07) is 0. The van der Waals surface area contributed by atoms with Crippen molar-refractivity contribution >= 4 is 17.7 Å². The lowest BCUT2D eigenvalue weighted by molar-refractivity contribution is -0.143. The first-order valence-electron chi connectivity index (χ1n) is 3.05. The minimum absolute atomic E-state index is 0.102. The van der Waals surface area contributed by atoms with Crippen molar-refractivity contribution in [3.05, 3.63) is 0 Å². The fourth-order valence-corrected chi connectivity index (χ4v) is 1.06. The van der Waals surface area contributed by atoms with E-state index in [0.717, 1.165) is 0 Å². The molecule has 0 radical (unpaired) electrons. The highest BCUT2D eigenvalue weighted by Gasteiger charge is 2.15. The Morgan fingerprint density at radius 2 is 2.18 bits per heavy atom. The van der Waals surface area contributed by atoms with E-state index in [1.54, 1.807) is 6.92 Å². The van der Waals surface area contributed by atoms with Crippen LogP contribution in [0.4, 0.5) is 8.78 Å². The molecular formula is C6H10F2O2S. The van der Waals surface area contributed by atoms with Crippen LogP contribution in [0.3, 0.4) is 0 Å². The van der Waals surface area contributed by atoms with E-state index < -0.39 is 17.6 Å². The number of alkyl halides is 2. The molecule has 0 aromatic carbocycles. The molecule has 0 amide bonds. The number of hydrogen-bond donors (Lipinski definition) is 0. The number of methoxy groups -OCH3 is 1. The first kappa shape index (κ1) is 10.7. The zero-order valence-electron chi connectivity index (χ0n) is 6.34. The highest BCUT2D eigenvalue weighted by Crippen LogP contribution is 2.17. The maximum absolute atomic E-state index is 11.6. The Morgan fingerprint density at radius 3 is 2.55 bits per heavy atom. The third-order valence-electron chi connectivity index (χ3n) is 1.08. The molecule has 0 rings (SSSR count). The average Bonchev–Trinajstić information content (AvgIpc) is 1.98. The standard InChI is InChI=1S/C6H10F2O2S/c1-4(5(9)10-2)3-11-6(7)8/h4,6H,3H2,1-2H3. The van der Waals surface area contributed by atoms with Gasteiger partial charge in [-0.05, 0) is 0 Å². The molecule has 0 heterocycles. The Kier molecular flexibility index (Phi) is 5.19. The average molecular weight is 184 g/mol. The maximum atomic E-state index is 11.6. The minimum Gasteiger partial charge on any atom is -0.469 e. The number of carbonyl (C=O) groups excluding carboxylic acids is 1. The van der Waals surface area contributed by atoms with Crippen LogP contribution in [-0.4, -0.2) is 24.6 Å². The van der Waals surface area contributed by atoms with Gasteiger partial charge in [0.1, 0.15) is 0 Å². The van der Waals surface area contributed by atoms with Crippen LogP contribution in [0.5, 0.6) is 0 Å². The van der Waals surface area contributed by atoms with Gasteiger partial charge in [-0.3, -0.25) is 4.79 Å². The van der Waals surface area contributed by atoms with Crippen LogP contribution >= 0.6 is 11.8 Å². The smallest absolute Gasteiger partial charge is 0.309 e. The molecule has 11 heavy (non-hydrogen) atoms. The van der Waals surface area contributed by atoms with Gasteiger partial charge < -0.3 is 4.74 Å². The zero-order valence-corrected chi connectivity index (χ0v) is 7.16. The summed E-state index contributed by atoms with van der Waals surface area (Å²) in [6.45, 7) is 1.56. The zero-order chi connectivity index (χ0) is 8.85. The summed E-state index contributed by atoms with van der Waals surface area (Å²) in [7, 11) is 1.24. The summed E-state index contributed by atoms with van der Waals surface area (Å²) >= 11 is 0.449. The first-order chi connectivity index (χ1) is 5.07. The van der Waals surface area contributed by atoms with Gasteiger partial charge in [-0.1, -0.05) is 18.7 Å². The molecule has 1 atom stereocenters. The lowest BCUT2D eigenvalue weighted by Gasteiger charge is -2.06. The molecule has 0 aliphatic rings. The van der Waals surface area contributed by atoms with Gasteiger partial charge in [0.15, 0.2) is 0 Å². The second-order valence-corrected chi connectivity index (χ2v) is 3.04. The summed E-state index contributed by atoms with van der Waals surface area (Å²) in [5.74, 6) is -3.22. The molecule has 0 bridgehead atoms. The number of ether oxygens (including phenoxy) is 1. The van der Waals surface area contributed by atoms with Crippen LogP contribution in [0.15, 0.2) is 0 Å². The van der Waals surface area contributed by atoms with Gasteiger partial charge >= 0.3 is 5.97 Å². The second kappa shape index (κ2) is 5.35.